The van der Waals surface area contributed by atoms with Crippen molar-refractivity contribution in [3.63, 3.8) is 0 Å². The molecule has 0 unspecified atom stereocenters. The van der Waals surface area contributed by atoms with E-state index in [4.69, 9.17) is 4.98 Å². The van der Waals surface area contributed by atoms with Crippen LogP contribution in [-0.2, 0) is 6.42 Å². The van der Waals surface area contributed by atoms with Crippen molar-refractivity contribution < 1.29 is 0 Å². The fraction of sp³-hybridized carbons (Fsp3) is 0.212. The molecule has 0 amide bonds. The summed E-state index contributed by atoms with van der Waals surface area (Å²) in [6.45, 7) is 14.8. The van der Waals surface area contributed by atoms with Crippen molar-refractivity contribution in [2.75, 3.05) is 16.5 Å². The molecule has 0 bridgehead atoms. The molecule has 56 heavy (non-hydrogen) atoms. The number of pyridine rings is 1. The third kappa shape index (κ3) is 6.33. The Morgan fingerprint density at radius 1 is 0.518 bits per heavy atom. The highest BCUT2D eigenvalue weighted by Crippen LogP contribution is 2.47. The summed E-state index contributed by atoms with van der Waals surface area (Å²) in [7, 11) is 0. The van der Waals surface area contributed by atoms with Crippen LogP contribution in [0.4, 0.5) is 22.7 Å². The van der Waals surface area contributed by atoms with Crippen molar-refractivity contribution in [1.29, 1.82) is 0 Å². The number of nitrogens with zero attached hydrogens (tertiary/aromatic N) is 4. The van der Waals surface area contributed by atoms with Gasteiger partial charge in [-0.3, -0.25) is 4.57 Å². The van der Waals surface area contributed by atoms with Gasteiger partial charge in [-0.1, -0.05) is 126 Å². The highest BCUT2D eigenvalue weighted by Gasteiger charge is 2.29. The molecule has 0 radical (unpaired) electrons. The monoisotopic (exact) mass is 730 g/mol. The maximum atomic E-state index is 4.80. The predicted molar refractivity (Wildman–Crippen MR) is 238 cm³/mol. The molecule has 0 fully saturated rings. The summed E-state index contributed by atoms with van der Waals surface area (Å²) < 4.78 is 2.31. The largest absolute Gasteiger partial charge is 0.321 e. The van der Waals surface area contributed by atoms with Crippen LogP contribution in [0, 0.1) is 0 Å². The van der Waals surface area contributed by atoms with E-state index in [2.05, 4.69) is 195 Å². The Labute approximate surface area is 331 Å². The topological polar surface area (TPSA) is 24.3 Å². The molecular weight excluding hydrogens is 681 g/mol. The lowest BCUT2D eigenvalue weighted by Gasteiger charge is -2.26. The van der Waals surface area contributed by atoms with E-state index in [-0.39, 0.29) is 0 Å². The fourth-order valence-electron chi connectivity index (χ4n) is 8.72. The van der Waals surface area contributed by atoms with Crippen LogP contribution in [0.15, 0.2) is 152 Å². The second-order valence-corrected chi connectivity index (χ2v) is 16.3. The summed E-state index contributed by atoms with van der Waals surface area (Å²) in [4.78, 5) is 9.73. The van der Waals surface area contributed by atoms with Gasteiger partial charge in [0.05, 0.1) is 22.4 Å². The van der Waals surface area contributed by atoms with Crippen LogP contribution in [-0.4, -0.2) is 16.2 Å². The first-order chi connectivity index (χ1) is 27.2. The number of aromatic nitrogens is 2. The molecule has 1 aliphatic heterocycles. The molecule has 6 aromatic carbocycles. The van der Waals surface area contributed by atoms with E-state index in [0.717, 1.165) is 18.9 Å². The molecule has 4 heteroatoms. The van der Waals surface area contributed by atoms with Crippen molar-refractivity contribution in [3.8, 4) is 16.9 Å². The Kier molecular flexibility index (Phi) is 9.21. The van der Waals surface area contributed by atoms with Gasteiger partial charge in [0.15, 0.2) is 0 Å². The molecular formula is C52H50N4. The third-order valence-electron chi connectivity index (χ3n) is 11.5. The zero-order valence-corrected chi connectivity index (χ0v) is 33.4. The highest BCUT2D eigenvalue weighted by molar-refractivity contribution is 6.09. The summed E-state index contributed by atoms with van der Waals surface area (Å²) in [5, 5.41) is 2.49. The Hall–Kier alpha value is -6.13. The van der Waals surface area contributed by atoms with Crippen LogP contribution < -0.4 is 9.80 Å². The molecule has 2 aromatic heterocycles. The maximum absolute atomic E-state index is 4.80. The molecule has 0 aliphatic carbocycles. The summed E-state index contributed by atoms with van der Waals surface area (Å²) in [5.74, 6) is 2.15. The average Bonchev–Trinajstić information content (AvgIpc) is 3.77. The summed E-state index contributed by atoms with van der Waals surface area (Å²) in [6, 6.07) is 53.8. The lowest BCUT2D eigenvalue weighted by molar-refractivity contribution is 0.807. The first-order valence-electron chi connectivity index (χ1n) is 20.2. The predicted octanol–water partition coefficient (Wildman–Crippen LogP) is 14.1. The summed E-state index contributed by atoms with van der Waals surface area (Å²) in [6.07, 6.45) is 2.68. The molecule has 0 atom stereocenters. The number of anilines is 4. The molecule has 1 aliphatic rings. The van der Waals surface area contributed by atoms with Gasteiger partial charge in [-0.05, 0) is 124 Å². The fourth-order valence-corrected chi connectivity index (χ4v) is 8.72. The Balaban J connectivity index is 1.23. The second kappa shape index (κ2) is 14.5. The number of rotatable bonds is 9. The normalized spacial score (nSPS) is 12.9. The first-order valence-corrected chi connectivity index (χ1v) is 20.2. The van der Waals surface area contributed by atoms with Gasteiger partial charge in [0.2, 0.25) is 0 Å². The lowest BCUT2D eigenvalue weighted by atomic mass is 9.81. The van der Waals surface area contributed by atoms with Crippen molar-refractivity contribution in [2.24, 2.45) is 0 Å². The molecule has 0 spiro atoms. The Morgan fingerprint density at radius 3 is 1.84 bits per heavy atom. The molecule has 9 rings (SSSR count). The first kappa shape index (κ1) is 35.6. The van der Waals surface area contributed by atoms with E-state index in [0.29, 0.717) is 17.8 Å². The lowest BCUT2D eigenvalue weighted by Crippen LogP contribution is -2.24. The summed E-state index contributed by atoms with van der Waals surface area (Å²) >= 11 is 0. The van der Waals surface area contributed by atoms with Crippen LogP contribution in [0.2, 0.25) is 0 Å². The molecule has 0 saturated carbocycles. The van der Waals surface area contributed by atoms with Gasteiger partial charge < -0.3 is 9.80 Å². The zero-order chi connectivity index (χ0) is 38.5. The minimum absolute atomic E-state index is 0.380. The van der Waals surface area contributed by atoms with Gasteiger partial charge in [0.25, 0.3) is 0 Å². The van der Waals surface area contributed by atoms with Gasteiger partial charge in [0, 0.05) is 28.3 Å². The molecule has 4 nitrogen and oxygen atoms in total. The van der Waals surface area contributed by atoms with E-state index < -0.39 is 0 Å². The van der Waals surface area contributed by atoms with Crippen molar-refractivity contribution in [2.45, 2.75) is 65.7 Å². The van der Waals surface area contributed by atoms with Crippen molar-refractivity contribution in [1.82, 2.24) is 9.55 Å². The van der Waals surface area contributed by atoms with E-state index in [1.54, 1.807) is 0 Å². The van der Waals surface area contributed by atoms with Gasteiger partial charge >= 0.3 is 0 Å². The molecule has 0 N–H and O–H groups in total. The third-order valence-corrected chi connectivity index (χ3v) is 11.5. The van der Waals surface area contributed by atoms with Crippen LogP contribution in [0.5, 0.6) is 0 Å². The molecule has 3 heterocycles. The van der Waals surface area contributed by atoms with Gasteiger partial charge in [0.1, 0.15) is 12.5 Å². The van der Waals surface area contributed by atoms with Gasteiger partial charge in [-0.25, -0.2) is 4.98 Å². The number of fused-ring (bicyclic) bond motifs is 4. The van der Waals surface area contributed by atoms with E-state index in [1.807, 2.05) is 12.3 Å². The molecule has 0 saturated heterocycles. The average molecular weight is 731 g/mol. The standard InChI is InChI=1S/C52H50N4/c1-34(2)39-31-45(35(3)4)52(46(32-39)36(5)6)40-27-38(28-42(30-40)55-33-54(41-16-8-7-9-17-41)48-20-12-13-21-49(48)55)26-37-23-24-44-43-18-10-11-19-47(43)56(50(44)29-37)51-22-14-15-25-53-51/h7-25,27-32,34-36H,26,33H2,1-6H3. The van der Waals surface area contributed by atoms with Crippen molar-refractivity contribution in [3.05, 3.63) is 180 Å². The van der Waals surface area contributed by atoms with E-state index in [1.165, 1.54) is 83.5 Å². The molecule has 8 aromatic rings. The Morgan fingerprint density at radius 2 is 1.16 bits per heavy atom. The van der Waals surface area contributed by atoms with Crippen LogP contribution in [0.25, 0.3) is 38.8 Å². The van der Waals surface area contributed by atoms with E-state index >= 15 is 0 Å². The number of benzene rings is 6. The minimum atomic E-state index is 0.380. The van der Waals surface area contributed by atoms with Crippen LogP contribution >= 0.6 is 0 Å². The number of hydrogen-bond acceptors (Lipinski definition) is 3. The summed E-state index contributed by atoms with van der Waals surface area (Å²) in [5.41, 5.74) is 16.7. The zero-order valence-electron chi connectivity index (χ0n) is 33.4. The molecule has 278 valence electrons. The van der Waals surface area contributed by atoms with Crippen LogP contribution in [0.1, 0.15) is 87.1 Å². The van der Waals surface area contributed by atoms with Crippen molar-refractivity contribution >= 4 is 44.6 Å². The van der Waals surface area contributed by atoms with Gasteiger partial charge in [-0.15, -0.1) is 0 Å². The number of hydrogen-bond donors (Lipinski definition) is 0. The quantitative estimate of drug-likeness (QED) is 0.148. The smallest absolute Gasteiger partial charge is 0.137 e. The second-order valence-electron chi connectivity index (χ2n) is 16.3. The highest BCUT2D eigenvalue weighted by atomic mass is 15.4. The maximum Gasteiger partial charge on any atom is 0.137 e. The number of para-hydroxylation sites is 4. The SMILES string of the molecule is CC(C)c1cc(C(C)C)c(-c2cc(Cc3ccc4c5ccccc5n(-c5ccccn5)c4c3)cc(N3CN(c4ccccc4)c4ccccc43)c2)c(C(C)C)c1. The van der Waals surface area contributed by atoms with Crippen LogP contribution in [0.3, 0.4) is 0 Å². The Bertz CT molecular complexity index is 2660. The minimum Gasteiger partial charge on any atom is -0.321 e. The van der Waals surface area contributed by atoms with E-state index in [9.17, 15) is 0 Å². The van der Waals surface area contributed by atoms with Gasteiger partial charge in [-0.2, -0.15) is 0 Å².